The van der Waals surface area contributed by atoms with Crippen LogP contribution in [0.25, 0.3) is 22.3 Å². The minimum atomic E-state index is -3.42. The summed E-state index contributed by atoms with van der Waals surface area (Å²) in [6, 6.07) is 15.4. The maximum absolute atomic E-state index is 14.0. The molecule has 4 heterocycles. The zero-order valence-electron chi connectivity index (χ0n) is 25.1. The number of rotatable bonds is 5. The number of fused-ring (bicyclic) bond motifs is 1. The smallest absolute Gasteiger partial charge is 0.419 e. The van der Waals surface area contributed by atoms with Crippen LogP contribution in [-0.4, -0.2) is 52.6 Å². The number of nitrogen functional groups attached to an aromatic ring is 1. The van der Waals surface area contributed by atoms with Gasteiger partial charge in [-0.15, -0.1) is 0 Å². The summed E-state index contributed by atoms with van der Waals surface area (Å²) in [6.45, 7) is 12.2. The van der Waals surface area contributed by atoms with Crippen molar-refractivity contribution >= 4 is 51.1 Å². The van der Waals surface area contributed by atoms with E-state index in [0.717, 1.165) is 11.8 Å². The van der Waals surface area contributed by atoms with Crippen molar-refractivity contribution in [2.45, 2.75) is 59.1 Å². The van der Waals surface area contributed by atoms with E-state index in [1.807, 2.05) is 35.2 Å². The van der Waals surface area contributed by atoms with Gasteiger partial charge in [-0.05, 0) is 83.4 Å². The topological polar surface area (TPSA) is 141 Å². The molecule has 0 bridgehead atoms. The highest BCUT2D eigenvalue weighted by Gasteiger charge is 2.40. The molecule has 11 nitrogen and oxygen atoms in total. The number of ether oxygens (including phenoxy) is 1. The summed E-state index contributed by atoms with van der Waals surface area (Å²) >= 11 is 0. The number of para-hydroxylation sites is 1. The molecule has 1 atom stereocenters. The fraction of sp³-hybridized carbons (Fsp3) is 0.355. The first-order chi connectivity index (χ1) is 20.2. The van der Waals surface area contributed by atoms with Gasteiger partial charge in [0, 0.05) is 23.7 Å². The molecule has 3 aromatic heterocycles. The molecule has 1 amide bonds. The second kappa shape index (κ2) is 11.0. The quantitative estimate of drug-likeness (QED) is 0.292. The van der Waals surface area contributed by atoms with Crippen LogP contribution in [0, 0.1) is 5.92 Å². The van der Waals surface area contributed by atoms with Crippen LogP contribution in [-0.2, 0) is 15.6 Å². The minimum absolute atomic E-state index is 0.0438. The minimum Gasteiger partial charge on any atom is -0.443 e. The molecular formula is C31H36N6O5S. The zero-order chi connectivity index (χ0) is 31.3. The van der Waals surface area contributed by atoms with E-state index >= 15 is 0 Å². The molecule has 1 fully saturated rings. The second-order valence-electron chi connectivity index (χ2n) is 12.5. The van der Waals surface area contributed by atoms with Crippen LogP contribution in [0.3, 0.4) is 0 Å². The summed E-state index contributed by atoms with van der Waals surface area (Å²) in [5.74, 6) is -0.314. The molecule has 4 aromatic rings. The lowest BCUT2D eigenvalue weighted by Crippen LogP contribution is -2.41. The molecule has 5 rings (SSSR count). The number of anilines is 3. The van der Waals surface area contributed by atoms with Gasteiger partial charge in [-0.1, -0.05) is 25.1 Å². The number of amides is 1. The second-order valence-corrected chi connectivity index (χ2v) is 13.3. The van der Waals surface area contributed by atoms with Gasteiger partial charge >= 0.3 is 6.09 Å². The van der Waals surface area contributed by atoms with E-state index in [9.17, 15) is 18.0 Å². The van der Waals surface area contributed by atoms with E-state index < -0.39 is 34.0 Å². The van der Waals surface area contributed by atoms with Crippen LogP contribution >= 0.6 is 0 Å². The first kappa shape index (κ1) is 30.0. The van der Waals surface area contributed by atoms with Gasteiger partial charge in [-0.25, -0.2) is 32.1 Å². The number of carbonyl (C=O) groups is 2. The molecular weight excluding hydrogens is 568 g/mol. The third kappa shape index (κ3) is 5.79. The monoisotopic (exact) mass is 604 g/mol. The Morgan fingerprint density at radius 3 is 2.44 bits per heavy atom. The van der Waals surface area contributed by atoms with Crippen molar-refractivity contribution in [3.8, 4) is 11.4 Å². The normalized spacial score (nSPS) is 16.5. The van der Waals surface area contributed by atoms with Gasteiger partial charge in [0.1, 0.15) is 22.9 Å². The Morgan fingerprint density at radius 2 is 1.81 bits per heavy atom. The largest absolute Gasteiger partial charge is 0.443 e. The molecule has 1 saturated heterocycles. The number of thiol groups is 1. The van der Waals surface area contributed by atoms with Gasteiger partial charge in [-0.3, -0.25) is 4.79 Å². The maximum Gasteiger partial charge on any atom is 0.419 e. The molecule has 0 aliphatic carbocycles. The summed E-state index contributed by atoms with van der Waals surface area (Å²) in [4.78, 5) is 38.5. The number of hydrogen-bond donors (Lipinski definition) is 2. The van der Waals surface area contributed by atoms with E-state index in [1.54, 1.807) is 32.9 Å². The highest BCUT2D eigenvalue weighted by atomic mass is 32.2. The number of hydrogen-bond acceptors (Lipinski definition) is 9. The standard InChI is InChI=1S/C31H36N6O5S/c1-19-17-31(5,6)35(18-19)27-21(28(38)37(43(40)41)24-12-9-15-33-26(24)32)13-14-22(34-27)25-16-20-10-7-8-11-23(20)36(25)29(39)42-30(2,3)4/h7-16,19,43H,17-18H2,1-6H3,(H2,32,33)/t19-/m0/s1. The Labute approximate surface area is 252 Å². The van der Waals surface area contributed by atoms with Gasteiger partial charge in [0.2, 0.25) is 10.9 Å². The lowest BCUT2D eigenvalue weighted by molar-refractivity contribution is 0.0547. The third-order valence-electron chi connectivity index (χ3n) is 7.38. The number of pyridine rings is 2. The van der Waals surface area contributed by atoms with Crippen LogP contribution in [0.2, 0.25) is 0 Å². The summed E-state index contributed by atoms with van der Waals surface area (Å²) < 4.78 is 32.8. The van der Waals surface area contributed by atoms with Crippen molar-refractivity contribution in [1.82, 2.24) is 14.5 Å². The molecule has 0 radical (unpaired) electrons. The summed E-state index contributed by atoms with van der Waals surface area (Å²) in [5, 5.41) is 0.809. The molecule has 226 valence electrons. The van der Waals surface area contributed by atoms with E-state index in [-0.39, 0.29) is 23.0 Å². The third-order valence-corrected chi connectivity index (χ3v) is 8.11. The van der Waals surface area contributed by atoms with Gasteiger partial charge in [0.25, 0.3) is 5.91 Å². The molecule has 1 aliphatic rings. The maximum atomic E-state index is 14.0. The fourth-order valence-electron chi connectivity index (χ4n) is 5.74. The first-order valence-electron chi connectivity index (χ1n) is 14.0. The Balaban J connectivity index is 1.73. The van der Waals surface area contributed by atoms with E-state index in [4.69, 9.17) is 15.5 Å². The van der Waals surface area contributed by atoms with Crippen molar-refractivity contribution in [1.29, 1.82) is 0 Å². The van der Waals surface area contributed by atoms with Crippen molar-refractivity contribution in [2.24, 2.45) is 5.92 Å². The van der Waals surface area contributed by atoms with Gasteiger partial charge in [0.15, 0.2) is 0 Å². The average molecular weight is 605 g/mol. The number of nitrogens with zero attached hydrogens (tertiary/aromatic N) is 5. The van der Waals surface area contributed by atoms with E-state index in [1.165, 1.54) is 22.9 Å². The van der Waals surface area contributed by atoms with Crippen LogP contribution < -0.4 is 14.9 Å². The Morgan fingerprint density at radius 1 is 1.09 bits per heavy atom. The SMILES string of the molecule is C[C@@H]1CN(c2nc(-c3cc4ccccc4n3C(=O)OC(C)(C)C)ccc2C(=O)N(c2cccnc2N)[SH](=O)=O)C(C)(C)C1. The highest BCUT2D eigenvalue weighted by molar-refractivity contribution is 7.75. The molecule has 0 saturated carbocycles. The number of aromatic nitrogens is 3. The van der Waals surface area contributed by atoms with E-state index in [0.29, 0.717) is 33.6 Å². The number of benzene rings is 1. The van der Waals surface area contributed by atoms with Crippen LogP contribution in [0.5, 0.6) is 0 Å². The van der Waals surface area contributed by atoms with Crippen LogP contribution in [0.1, 0.15) is 58.3 Å². The molecule has 1 aliphatic heterocycles. The lowest BCUT2D eigenvalue weighted by Gasteiger charge is -2.34. The molecule has 43 heavy (non-hydrogen) atoms. The van der Waals surface area contributed by atoms with Gasteiger partial charge in [-0.2, -0.15) is 0 Å². The Hall–Kier alpha value is -4.45. The zero-order valence-corrected chi connectivity index (χ0v) is 26.0. The molecule has 0 spiro atoms. The predicted octanol–water partition coefficient (Wildman–Crippen LogP) is 5.26. The summed E-state index contributed by atoms with van der Waals surface area (Å²) in [7, 11) is -3.42. The molecule has 1 aromatic carbocycles. The molecule has 0 unspecified atom stereocenters. The van der Waals surface area contributed by atoms with Crippen molar-refractivity contribution in [3.63, 3.8) is 0 Å². The number of nitrogens with two attached hydrogens (primary N) is 1. The van der Waals surface area contributed by atoms with Crippen LogP contribution in [0.4, 0.5) is 22.1 Å². The van der Waals surface area contributed by atoms with Crippen molar-refractivity contribution < 1.29 is 22.7 Å². The van der Waals surface area contributed by atoms with Gasteiger partial charge < -0.3 is 15.4 Å². The van der Waals surface area contributed by atoms with Crippen LogP contribution in [0.15, 0.2) is 60.8 Å². The number of carbonyl (C=O) groups excluding carboxylic acids is 2. The van der Waals surface area contributed by atoms with E-state index in [2.05, 4.69) is 25.8 Å². The Kier molecular flexibility index (Phi) is 7.68. The summed E-state index contributed by atoms with van der Waals surface area (Å²) in [6.07, 6.45) is 1.68. The average Bonchev–Trinajstić information content (AvgIpc) is 3.44. The molecule has 12 heteroatoms. The Bertz CT molecular complexity index is 1800. The van der Waals surface area contributed by atoms with Crippen molar-refractivity contribution in [2.75, 3.05) is 21.5 Å². The van der Waals surface area contributed by atoms with Crippen molar-refractivity contribution in [3.05, 3.63) is 66.4 Å². The lowest BCUT2D eigenvalue weighted by atomic mass is 9.97. The predicted molar refractivity (Wildman–Crippen MR) is 168 cm³/mol. The molecule has 2 N–H and O–H groups in total. The fourth-order valence-corrected chi connectivity index (χ4v) is 6.35. The summed E-state index contributed by atoms with van der Waals surface area (Å²) in [5.41, 5.74) is 6.42. The van der Waals surface area contributed by atoms with Gasteiger partial charge in [0.05, 0.1) is 22.5 Å². The highest BCUT2D eigenvalue weighted by Crippen LogP contribution is 2.40. The first-order valence-corrected chi connectivity index (χ1v) is 15.1.